The van der Waals surface area contributed by atoms with Crippen molar-refractivity contribution in [2.45, 2.75) is 25.0 Å². The lowest BCUT2D eigenvalue weighted by molar-refractivity contribution is 0.0494. The van der Waals surface area contributed by atoms with Gasteiger partial charge in [-0.25, -0.2) is 12.7 Å². The number of rotatable bonds is 6. The molecule has 2 atom stereocenters. The zero-order chi connectivity index (χ0) is 12.9. The summed E-state index contributed by atoms with van der Waals surface area (Å²) in [6, 6.07) is 0. The Labute approximate surface area is 105 Å². The smallest absolute Gasteiger partial charge is 0.217 e. The van der Waals surface area contributed by atoms with Gasteiger partial charge in [-0.3, -0.25) is 0 Å². The highest BCUT2D eigenvalue weighted by Gasteiger charge is 2.27. The molecule has 0 aromatic carbocycles. The minimum atomic E-state index is -3.19. The van der Waals surface area contributed by atoms with Crippen LogP contribution in [-0.4, -0.2) is 58.4 Å². The van der Waals surface area contributed by atoms with E-state index in [2.05, 4.69) is 5.32 Å². The van der Waals surface area contributed by atoms with Crippen molar-refractivity contribution in [3.05, 3.63) is 0 Å². The molecule has 1 rings (SSSR count). The van der Waals surface area contributed by atoms with Crippen LogP contribution in [0.3, 0.4) is 0 Å². The van der Waals surface area contributed by atoms with E-state index in [1.165, 1.54) is 4.31 Å². The first kappa shape index (κ1) is 14.9. The zero-order valence-corrected chi connectivity index (χ0v) is 11.8. The molecule has 0 aromatic rings. The first-order valence-electron chi connectivity index (χ1n) is 6.16. The molecule has 0 saturated carbocycles. The van der Waals surface area contributed by atoms with E-state index in [1.54, 1.807) is 21.0 Å². The minimum Gasteiger partial charge on any atom is -0.381 e. The Morgan fingerprint density at radius 2 is 2.24 bits per heavy atom. The van der Waals surface area contributed by atoms with E-state index in [0.29, 0.717) is 25.6 Å². The van der Waals surface area contributed by atoms with E-state index < -0.39 is 10.0 Å². The third-order valence-corrected chi connectivity index (χ3v) is 5.41. The normalized spacial score (nSPS) is 23.9. The van der Waals surface area contributed by atoms with Crippen LogP contribution in [0.5, 0.6) is 0 Å². The fourth-order valence-corrected chi connectivity index (χ4v) is 3.53. The minimum absolute atomic E-state index is 0.338. The van der Waals surface area contributed by atoms with Crippen LogP contribution in [0.2, 0.25) is 0 Å². The van der Waals surface area contributed by atoms with Gasteiger partial charge in [0.2, 0.25) is 10.0 Å². The fraction of sp³-hybridized carbons (Fsp3) is 1.00. The monoisotopic (exact) mass is 264 g/mol. The lowest BCUT2D eigenvalue weighted by Gasteiger charge is -2.28. The van der Waals surface area contributed by atoms with Gasteiger partial charge < -0.3 is 10.1 Å². The van der Waals surface area contributed by atoms with Gasteiger partial charge in [-0.15, -0.1) is 0 Å². The number of hydrogen-bond acceptors (Lipinski definition) is 4. The van der Waals surface area contributed by atoms with Crippen molar-refractivity contribution in [2.24, 2.45) is 5.92 Å². The van der Waals surface area contributed by atoms with Crippen LogP contribution in [0.15, 0.2) is 0 Å². The van der Waals surface area contributed by atoms with Crippen molar-refractivity contribution in [3.8, 4) is 0 Å². The van der Waals surface area contributed by atoms with Crippen LogP contribution in [0.25, 0.3) is 0 Å². The number of nitrogens with zero attached hydrogens (tertiary/aromatic N) is 1. The molecular weight excluding hydrogens is 240 g/mol. The summed E-state index contributed by atoms with van der Waals surface area (Å²) in [6.07, 6.45) is 2.09. The summed E-state index contributed by atoms with van der Waals surface area (Å²) in [4.78, 5) is 0. The summed E-state index contributed by atoms with van der Waals surface area (Å²) in [6.45, 7) is 4.27. The van der Waals surface area contributed by atoms with Crippen molar-refractivity contribution in [1.82, 2.24) is 9.62 Å². The molecule has 1 heterocycles. The van der Waals surface area contributed by atoms with Gasteiger partial charge in [-0.2, -0.15) is 0 Å². The molecule has 0 amide bonds. The van der Waals surface area contributed by atoms with Gasteiger partial charge in [0, 0.05) is 26.7 Å². The van der Waals surface area contributed by atoms with Gasteiger partial charge in [0.05, 0.1) is 11.9 Å². The molecule has 0 bridgehead atoms. The summed E-state index contributed by atoms with van der Waals surface area (Å²) in [5.41, 5.74) is 0. The highest BCUT2D eigenvalue weighted by molar-refractivity contribution is 7.89. The summed E-state index contributed by atoms with van der Waals surface area (Å²) in [7, 11) is 0.242. The second-order valence-corrected chi connectivity index (χ2v) is 7.23. The molecule has 0 spiro atoms. The van der Waals surface area contributed by atoms with Crippen LogP contribution in [0.4, 0.5) is 0 Å². The first-order valence-corrected chi connectivity index (χ1v) is 7.66. The third kappa shape index (κ3) is 4.21. The van der Waals surface area contributed by atoms with Gasteiger partial charge in [-0.1, -0.05) is 0 Å². The predicted octanol–water partition coefficient (Wildman–Crippen LogP) is 0.282. The van der Waals surface area contributed by atoms with Gasteiger partial charge in [0.15, 0.2) is 0 Å². The van der Waals surface area contributed by atoms with E-state index in [1.807, 2.05) is 0 Å². The summed E-state index contributed by atoms with van der Waals surface area (Å²) < 4.78 is 31.1. The van der Waals surface area contributed by atoms with E-state index in [9.17, 15) is 8.42 Å². The topological polar surface area (TPSA) is 58.6 Å². The average Bonchev–Trinajstić information content (AvgIpc) is 2.30. The number of hydrogen-bond donors (Lipinski definition) is 1. The van der Waals surface area contributed by atoms with Crippen LogP contribution in [0, 0.1) is 5.92 Å². The third-order valence-electron chi connectivity index (χ3n) is 3.20. The molecule has 1 aliphatic heterocycles. The van der Waals surface area contributed by atoms with E-state index in [0.717, 1.165) is 19.4 Å². The number of nitrogens with one attached hydrogen (secondary N) is 1. The summed E-state index contributed by atoms with van der Waals surface area (Å²) in [5.74, 6) is 0.338. The summed E-state index contributed by atoms with van der Waals surface area (Å²) in [5, 5.41) is 2.51. The molecule has 0 aliphatic carbocycles. The molecule has 1 fully saturated rings. The molecule has 1 saturated heterocycles. The molecule has 1 N–H and O–H groups in total. The quantitative estimate of drug-likeness (QED) is 0.749. The molecule has 2 unspecified atom stereocenters. The van der Waals surface area contributed by atoms with Crippen LogP contribution in [0.1, 0.15) is 19.8 Å². The van der Waals surface area contributed by atoms with E-state index >= 15 is 0 Å². The van der Waals surface area contributed by atoms with Gasteiger partial charge in [0.25, 0.3) is 0 Å². The van der Waals surface area contributed by atoms with E-state index in [-0.39, 0.29) is 5.25 Å². The first-order chi connectivity index (χ1) is 7.98. The van der Waals surface area contributed by atoms with Crippen molar-refractivity contribution in [2.75, 3.05) is 40.4 Å². The Balaban J connectivity index is 2.52. The largest absolute Gasteiger partial charge is 0.381 e. The highest BCUT2D eigenvalue weighted by atomic mass is 32.2. The SMILES string of the molecule is CNCC(C)S(=O)(=O)N(C)CC1CCCOC1. The zero-order valence-electron chi connectivity index (χ0n) is 11.0. The molecule has 0 aromatic heterocycles. The molecule has 1 aliphatic rings. The van der Waals surface area contributed by atoms with Crippen LogP contribution in [-0.2, 0) is 14.8 Å². The predicted molar refractivity (Wildman–Crippen MR) is 68.5 cm³/mol. The van der Waals surface area contributed by atoms with Crippen LogP contribution >= 0.6 is 0 Å². The standard InChI is InChI=1S/C11H24N2O3S/c1-10(7-12-2)17(14,15)13(3)8-11-5-4-6-16-9-11/h10-12H,4-9H2,1-3H3. The Morgan fingerprint density at radius 1 is 1.53 bits per heavy atom. The highest BCUT2D eigenvalue weighted by Crippen LogP contribution is 2.17. The van der Waals surface area contributed by atoms with E-state index in [4.69, 9.17) is 4.74 Å². The van der Waals surface area contributed by atoms with Gasteiger partial charge >= 0.3 is 0 Å². The Hall–Kier alpha value is -0.170. The molecule has 6 heteroatoms. The lowest BCUT2D eigenvalue weighted by atomic mass is 10.0. The summed E-state index contributed by atoms with van der Waals surface area (Å²) >= 11 is 0. The van der Waals surface area contributed by atoms with Crippen LogP contribution < -0.4 is 5.32 Å². The second kappa shape index (κ2) is 6.68. The maximum atomic E-state index is 12.1. The second-order valence-electron chi connectivity index (χ2n) is 4.78. The molecule has 17 heavy (non-hydrogen) atoms. The number of ether oxygens (including phenoxy) is 1. The Kier molecular flexibility index (Phi) is 5.85. The number of sulfonamides is 1. The molecular formula is C11H24N2O3S. The average molecular weight is 264 g/mol. The lowest BCUT2D eigenvalue weighted by Crippen LogP contribution is -2.42. The van der Waals surface area contributed by atoms with Crippen molar-refractivity contribution < 1.29 is 13.2 Å². The van der Waals surface area contributed by atoms with Crippen molar-refractivity contribution in [3.63, 3.8) is 0 Å². The fourth-order valence-electron chi connectivity index (χ4n) is 2.12. The van der Waals surface area contributed by atoms with Crippen molar-refractivity contribution >= 4 is 10.0 Å². The molecule has 0 radical (unpaired) electrons. The maximum Gasteiger partial charge on any atom is 0.217 e. The maximum absolute atomic E-state index is 12.1. The van der Waals surface area contributed by atoms with Gasteiger partial charge in [0.1, 0.15) is 0 Å². The van der Waals surface area contributed by atoms with Crippen molar-refractivity contribution in [1.29, 1.82) is 0 Å². The Bertz CT molecular complexity index is 313. The van der Waals surface area contributed by atoms with Gasteiger partial charge in [-0.05, 0) is 32.7 Å². The molecule has 5 nitrogen and oxygen atoms in total. The molecule has 102 valence electrons. The Morgan fingerprint density at radius 3 is 2.76 bits per heavy atom.